The Hall–Kier alpha value is -1.86. The first-order chi connectivity index (χ1) is 13.5. The number of halogens is 3. The van der Waals surface area contributed by atoms with Crippen LogP contribution in [-0.4, -0.2) is 55.2 Å². The number of amides is 2. The lowest BCUT2D eigenvalue weighted by Gasteiger charge is -2.30. The van der Waals surface area contributed by atoms with E-state index in [0.29, 0.717) is 42.0 Å². The second-order valence-corrected chi connectivity index (χ2v) is 7.40. The van der Waals surface area contributed by atoms with Crippen molar-refractivity contribution in [3.63, 3.8) is 0 Å². The summed E-state index contributed by atoms with van der Waals surface area (Å²) in [6.07, 6.45) is 0. The lowest BCUT2D eigenvalue weighted by Crippen LogP contribution is -2.44. The molecule has 0 aliphatic carbocycles. The molecule has 2 aromatic carbocycles. The summed E-state index contributed by atoms with van der Waals surface area (Å²) >= 11 is 12.2. The second kappa shape index (κ2) is 10.1. The number of benzene rings is 2. The average molecular weight is 426 g/mol. The van der Waals surface area contributed by atoms with Gasteiger partial charge in [0.05, 0.1) is 23.9 Å². The Kier molecular flexibility index (Phi) is 7.50. The predicted octanol–water partition coefficient (Wildman–Crippen LogP) is 4.50. The van der Waals surface area contributed by atoms with Gasteiger partial charge >= 0.3 is 6.03 Å². The molecule has 5 nitrogen and oxygen atoms in total. The molecule has 0 unspecified atom stereocenters. The van der Waals surface area contributed by atoms with Gasteiger partial charge < -0.3 is 15.0 Å². The number of carbonyl (C=O) groups is 1. The van der Waals surface area contributed by atoms with Gasteiger partial charge in [0.2, 0.25) is 0 Å². The molecule has 0 bridgehead atoms. The maximum Gasteiger partial charge on any atom is 0.322 e. The van der Waals surface area contributed by atoms with Gasteiger partial charge in [-0.05, 0) is 35.9 Å². The van der Waals surface area contributed by atoms with Gasteiger partial charge in [0.1, 0.15) is 5.82 Å². The molecule has 0 radical (unpaired) electrons. The van der Waals surface area contributed by atoms with Gasteiger partial charge in [0, 0.05) is 37.7 Å². The summed E-state index contributed by atoms with van der Waals surface area (Å²) in [5.74, 6) is -0.307. The predicted molar refractivity (Wildman–Crippen MR) is 110 cm³/mol. The Morgan fingerprint density at radius 1 is 1.14 bits per heavy atom. The molecular weight excluding hydrogens is 404 g/mol. The van der Waals surface area contributed by atoms with Crippen molar-refractivity contribution in [2.24, 2.45) is 0 Å². The zero-order valence-corrected chi connectivity index (χ0v) is 16.8. The van der Waals surface area contributed by atoms with Crippen molar-refractivity contribution in [3.8, 4) is 0 Å². The van der Waals surface area contributed by atoms with Crippen molar-refractivity contribution < 1.29 is 13.9 Å². The number of ether oxygens (including phenoxy) is 1. The Morgan fingerprint density at radius 2 is 1.86 bits per heavy atom. The van der Waals surface area contributed by atoms with Crippen LogP contribution in [0.25, 0.3) is 0 Å². The van der Waals surface area contributed by atoms with Crippen molar-refractivity contribution in [1.82, 2.24) is 9.80 Å². The third kappa shape index (κ3) is 6.07. The van der Waals surface area contributed by atoms with Gasteiger partial charge in [0.25, 0.3) is 0 Å². The summed E-state index contributed by atoms with van der Waals surface area (Å²) in [6, 6.07) is 10.8. The Bertz CT molecular complexity index is 799. The van der Waals surface area contributed by atoms with Crippen LogP contribution in [0.15, 0.2) is 42.5 Å². The molecule has 1 fully saturated rings. The number of hydrogen-bond acceptors (Lipinski definition) is 3. The quantitative estimate of drug-likeness (QED) is 0.740. The highest BCUT2D eigenvalue weighted by Crippen LogP contribution is 2.25. The topological polar surface area (TPSA) is 44.8 Å². The van der Waals surface area contributed by atoms with Crippen molar-refractivity contribution in [2.45, 2.75) is 6.54 Å². The van der Waals surface area contributed by atoms with Crippen LogP contribution >= 0.6 is 23.2 Å². The third-order valence-electron chi connectivity index (χ3n) is 4.53. The number of morpholine rings is 1. The molecule has 2 aromatic rings. The van der Waals surface area contributed by atoms with E-state index in [4.69, 9.17) is 27.9 Å². The van der Waals surface area contributed by atoms with Crippen LogP contribution in [0.3, 0.4) is 0 Å². The molecule has 8 heteroatoms. The van der Waals surface area contributed by atoms with Gasteiger partial charge in [-0.2, -0.15) is 0 Å². The molecule has 1 saturated heterocycles. The van der Waals surface area contributed by atoms with Crippen molar-refractivity contribution in [3.05, 3.63) is 63.9 Å². The normalized spacial score (nSPS) is 14.7. The smallest absolute Gasteiger partial charge is 0.322 e. The lowest BCUT2D eigenvalue weighted by atomic mass is 10.2. The Labute approximate surface area is 174 Å². The summed E-state index contributed by atoms with van der Waals surface area (Å²) in [5, 5.41) is 3.72. The van der Waals surface area contributed by atoms with Crippen LogP contribution in [0.4, 0.5) is 14.9 Å². The van der Waals surface area contributed by atoms with E-state index < -0.39 is 0 Å². The molecule has 1 N–H and O–H groups in total. The lowest BCUT2D eigenvalue weighted by molar-refractivity contribution is 0.0349. The summed E-state index contributed by atoms with van der Waals surface area (Å²) in [6.45, 7) is 4.67. The molecule has 0 aromatic heterocycles. The van der Waals surface area contributed by atoms with Gasteiger partial charge in [-0.3, -0.25) is 4.90 Å². The molecular formula is C20H22Cl2FN3O2. The zero-order valence-electron chi connectivity index (χ0n) is 15.3. The molecule has 2 amide bonds. The number of urea groups is 1. The molecule has 0 saturated carbocycles. The first kappa shape index (κ1) is 20.9. The standard InChI is InChI=1S/C20H22Cl2FN3O2/c21-16-3-6-18(22)19(13-16)24-20(27)26(8-7-25-9-11-28-12-10-25)14-15-1-4-17(23)5-2-15/h1-6,13H,7-12,14H2,(H,24,27). The summed E-state index contributed by atoms with van der Waals surface area (Å²) in [4.78, 5) is 16.8. The number of carbonyl (C=O) groups excluding carboxylic acids is 1. The highest BCUT2D eigenvalue weighted by atomic mass is 35.5. The molecule has 150 valence electrons. The Balaban J connectivity index is 1.70. The van der Waals surface area contributed by atoms with Gasteiger partial charge in [-0.1, -0.05) is 35.3 Å². The van der Waals surface area contributed by atoms with Crippen molar-refractivity contribution in [2.75, 3.05) is 44.7 Å². The van der Waals surface area contributed by atoms with E-state index in [0.717, 1.165) is 25.2 Å². The maximum absolute atomic E-state index is 13.2. The first-order valence-corrected chi connectivity index (χ1v) is 9.82. The van der Waals surface area contributed by atoms with Crippen molar-refractivity contribution >= 4 is 34.9 Å². The van der Waals surface area contributed by atoms with E-state index in [1.54, 1.807) is 35.2 Å². The molecule has 1 aliphatic rings. The number of anilines is 1. The molecule has 0 atom stereocenters. The van der Waals surface area contributed by atoms with Crippen LogP contribution in [-0.2, 0) is 11.3 Å². The fourth-order valence-electron chi connectivity index (χ4n) is 2.94. The van der Waals surface area contributed by atoms with E-state index in [1.807, 2.05) is 0 Å². The van der Waals surface area contributed by atoms with E-state index in [1.165, 1.54) is 12.1 Å². The first-order valence-electron chi connectivity index (χ1n) is 9.07. The summed E-state index contributed by atoms with van der Waals surface area (Å²) in [5.41, 5.74) is 1.30. The minimum atomic E-state index is -0.307. The molecule has 3 rings (SSSR count). The fraction of sp³-hybridized carbons (Fsp3) is 0.350. The molecule has 28 heavy (non-hydrogen) atoms. The molecule has 1 heterocycles. The van der Waals surface area contributed by atoms with Gasteiger partial charge in [-0.15, -0.1) is 0 Å². The highest BCUT2D eigenvalue weighted by Gasteiger charge is 2.18. The van der Waals surface area contributed by atoms with Crippen LogP contribution in [0, 0.1) is 5.82 Å². The average Bonchev–Trinajstić information content (AvgIpc) is 2.70. The number of nitrogens with one attached hydrogen (secondary N) is 1. The van der Waals surface area contributed by atoms with E-state index in [9.17, 15) is 9.18 Å². The maximum atomic E-state index is 13.2. The van der Waals surface area contributed by atoms with E-state index in [-0.39, 0.29) is 11.8 Å². The van der Waals surface area contributed by atoms with Crippen LogP contribution in [0.5, 0.6) is 0 Å². The van der Waals surface area contributed by atoms with Crippen molar-refractivity contribution in [1.29, 1.82) is 0 Å². The highest BCUT2D eigenvalue weighted by molar-refractivity contribution is 6.35. The van der Waals surface area contributed by atoms with Gasteiger partial charge in [0.15, 0.2) is 0 Å². The number of rotatable bonds is 6. The Morgan fingerprint density at radius 3 is 2.57 bits per heavy atom. The largest absolute Gasteiger partial charge is 0.379 e. The number of hydrogen-bond donors (Lipinski definition) is 1. The second-order valence-electron chi connectivity index (χ2n) is 6.56. The fourth-order valence-corrected chi connectivity index (χ4v) is 3.27. The monoisotopic (exact) mass is 425 g/mol. The minimum Gasteiger partial charge on any atom is -0.379 e. The van der Waals surface area contributed by atoms with Crippen LogP contribution in [0.1, 0.15) is 5.56 Å². The zero-order chi connectivity index (χ0) is 19.9. The van der Waals surface area contributed by atoms with E-state index in [2.05, 4.69) is 10.2 Å². The number of nitrogens with zero attached hydrogens (tertiary/aromatic N) is 2. The molecule has 0 spiro atoms. The summed E-state index contributed by atoms with van der Waals surface area (Å²) < 4.78 is 18.6. The van der Waals surface area contributed by atoms with Gasteiger partial charge in [-0.25, -0.2) is 9.18 Å². The third-order valence-corrected chi connectivity index (χ3v) is 5.10. The summed E-state index contributed by atoms with van der Waals surface area (Å²) in [7, 11) is 0. The SMILES string of the molecule is O=C(Nc1cc(Cl)ccc1Cl)N(CCN1CCOCC1)Cc1ccc(F)cc1. The van der Waals surface area contributed by atoms with Crippen LogP contribution in [0.2, 0.25) is 10.0 Å². The minimum absolute atomic E-state index is 0.290. The molecule has 1 aliphatic heterocycles. The van der Waals surface area contributed by atoms with E-state index >= 15 is 0 Å². The van der Waals surface area contributed by atoms with Crippen LogP contribution < -0.4 is 5.32 Å².